The molecule has 0 bridgehead atoms. The first kappa shape index (κ1) is 18.7. The predicted molar refractivity (Wildman–Crippen MR) is 76.4 cm³/mol. The highest BCUT2D eigenvalue weighted by Gasteiger charge is 2.31. The van der Waals surface area contributed by atoms with E-state index in [1.165, 1.54) is 25.7 Å². The van der Waals surface area contributed by atoms with Crippen molar-refractivity contribution in [3.63, 3.8) is 0 Å². The first-order valence-electron chi connectivity index (χ1n) is 6.37. The number of aliphatic carboxylic acids is 1. The SMILES string of the molecule is CCN(CC(C)C(=O)O)C(=O)NCC(C)(C)S(C)(=O)=O. The molecule has 7 nitrogen and oxygen atoms in total. The van der Waals surface area contributed by atoms with Crippen LogP contribution in [0.1, 0.15) is 27.7 Å². The molecule has 0 aliphatic rings. The van der Waals surface area contributed by atoms with E-state index < -0.39 is 32.5 Å². The van der Waals surface area contributed by atoms with Crippen LogP contribution in [0.2, 0.25) is 0 Å². The molecule has 8 heteroatoms. The fourth-order valence-electron chi connectivity index (χ4n) is 1.30. The van der Waals surface area contributed by atoms with Gasteiger partial charge in [0, 0.05) is 25.9 Å². The third-order valence-electron chi connectivity index (χ3n) is 3.25. The van der Waals surface area contributed by atoms with Crippen molar-refractivity contribution < 1.29 is 23.1 Å². The van der Waals surface area contributed by atoms with E-state index in [4.69, 9.17) is 5.11 Å². The number of carbonyl (C=O) groups excluding carboxylic acids is 1. The number of rotatable bonds is 7. The van der Waals surface area contributed by atoms with Gasteiger partial charge in [-0.1, -0.05) is 6.92 Å². The van der Waals surface area contributed by atoms with Gasteiger partial charge in [0.1, 0.15) is 0 Å². The highest BCUT2D eigenvalue weighted by Crippen LogP contribution is 2.13. The highest BCUT2D eigenvalue weighted by molar-refractivity contribution is 7.92. The van der Waals surface area contributed by atoms with Crippen LogP contribution >= 0.6 is 0 Å². The quantitative estimate of drug-likeness (QED) is 0.715. The average Bonchev–Trinajstić information content (AvgIpc) is 2.31. The zero-order valence-electron chi connectivity index (χ0n) is 12.6. The smallest absolute Gasteiger partial charge is 0.317 e. The molecule has 0 aliphatic carbocycles. The lowest BCUT2D eigenvalue weighted by molar-refractivity contribution is -0.141. The van der Waals surface area contributed by atoms with Crippen LogP contribution in [0.3, 0.4) is 0 Å². The Hall–Kier alpha value is -1.31. The standard InChI is InChI=1S/C12H24N2O5S/c1-6-14(7-9(2)10(15)16)11(17)13-8-12(3,4)20(5,18)19/h9H,6-8H2,1-5H3,(H,13,17)(H,15,16). The lowest BCUT2D eigenvalue weighted by Crippen LogP contribution is -2.49. The molecule has 2 N–H and O–H groups in total. The monoisotopic (exact) mass is 308 g/mol. The third kappa shape index (κ3) is 5.36. The van der Waals surface area contributed by atoms with Gasteiger partial charge in [0.05, 0.1) is 10.7 Å². The van der Waals surface area contributed by atoms with Crippen LogP contribution in [-0.2, 0) is 14.6 Å². The molecular weight excluding hydrogens is 284 g/mol. The molecule has 0 fully saturated rings. The molecule has 0 rings (SSSR count). The Labute approximate surface area is 120 Å². The van der Waals surface area contributed by atoms with Gasteiger partial charge in [-0.3, -0.25) is 4.79 Å². The van der Waals surface area contributed by atoms with Crippen LogP contribution in [0.5, 0.6) is 0 Å². The maximum Gasteiger partial charge on any atom is 0.317 e. The molecule has 0 heterocycles. The summed E-state index contributed by atoms with van der Waals surface area (Å²) in [5.74, 6) is -1.66. The van der Waals surface area contributed by atoms with Gasteiger partial charge in [-0.05, 0) is 20.8 Å². The Morgan fingerprint density at radius 3 is 2.20 bits per heavy atom. The minimum Gasteiger partial charge on any atom is -0.481 e. The first-order chi connectivity index (χ1) is 8.92. The average molecular weight is 308 g/mol. The molecule has 0 spiro atoms. The number of carbonyl (C=O) groups is 2. The van der Waals surface area contributed by atoms with E-state index >= 15 is 0 Å². The highest BCUT2D eigenvalue weighted by atomic mass is 32.2. The van der Waals surface area contributed by atoms with Crippen molar-refractivity contribution >= 4 is 21.8 Å². The van der Waals surface area contributed by atoms with Gasteiger partial charge < -0.3 is 15.3 Å². The van der Waals surface area contributed by atoms with E-state index in [0.717, 1.165) is 6.26 Å². The van der Waals surface area contributed by atoms with Crippen molar-refractivity contribution in [3.05, 3.63) is 0 Å². The number of sulfone groups is 1. The molecule has 2 amide bonds. The van der Waals surface area contributed by atoms with Crippen LogP contribution in [0, 0.1) is 5.92 Å². The van der Waals surface area contributed by atoms with E-state index in [1.807, 2.05) is 0 Å². The van der Waals surface area contributed by atoms with E-state index in [2.05, 4.69) is 5.32 Å². The summed E-state index contributed by atoms with van der Waals surface area (Å²) in [6, 6.07) is -0.461. The summed E-state index contributed by atoms with van der Waals surface area (Å²) in [5, 5.41) is 11.4. The predicted octanol–water partition coefficient (Wildman–Crippen LogP) is 0.562. The molecule has 0 saturated heterocycles. The Bertz CT molecular complexity index is 458. The second-order valence-corrected chi connectivity index (χ2v) is 8.12. The molecule has 1 unspecified atom stereocenters. The molecule has 0 aromatic rings. The minimum atomic E-state index is -3.29. The van der Waals surface area contributed by atoms with Crippen LogP contribution in [0.25, 0.3) is 0 Å². The van der Waals surface area contributed by atoms with Gasteiger partial charge in [-0.15, -0.1) is 0 Å². The molecule has 1 atom stereocenters. The maximum atomic E-state index is 11.9. The lowest BCUT2D eigenvalue weighted by Gasteiger charge is -2.27. The normalized spacial score (nSPS) is 13.7. The van der Waals surface area contributed by atoms with Gasteiger partial charge in [0.25, 0.3) is 0 Å². The largest absolute Gasteiger partial charge is 0.481 e. The number of amides is 2. The number of carboxylic acid groups (broad SMARTS) is 1. The van der Waals surface area contributed by atoms with E-state index in [-0.39, 0.29) is 13.1 Å². The van der Waals surface area contributed by atoms with Crippen LogP contribution in [0.15, 0.2) is 0 Å². The molecular formula is C12H24N2O5S. The summed E-state index contributed by atoms with van der Waals surface area (Å²) in [6.07, 6.45) is 1.11. The first-order valence-corrected chi connectivity index (χ1v) is 8.26. The summed E-state index contributed by atoms with van der Waals surface area (Å²) in [6.45, 7) is 6.70. The Balaban J connectivity index is 4.63. The van der Waals surface area contributed by atoms with Crippen molar-refractivity contribution in [3.8, 4) is 0 Å². The van der Waals surface area contributed by atoms with E-state index in [1.54, 1.807) is 6.92 Å². The van der Waals surface area contributed by atoms with Gasteiger partial charge in [-0.25, -0.2) is 13.2 Å². The second-order valence-electron chi connectivity index (χ2n) is 5.47. The van der Waals surface area contributed by atoms with Gasteiger partial charge in [-0.2, -0.15) is 0 Å². The molecule has 0 aliphatic heterocycles. The Morgan fingerprint density at radius 1 is 1.35 bits per heavy atom. The zero-order valence-corrected chi connectivity index (χ0v) is 13.5. The van der Waals surface area contributed by atoms with Crippen molar-refractivity contribution in [1.82, 2.24) is 10.2 Å². The Morgan fingerprint density at radius 2 is 1.85 bits per heavy atom. The summed E-state index contributed by atoms with van der Waals surface area (Å²) < 4.78 is 22.0. The number of hydrogen-bond donors (Lipinski definition) is 2. The van der Waals surface area contributed by atoms with E-state index in [0.29, 0.717) is 6.54 Å². The molecule has 0 aromatic carbocycles. The lowest BCUT2D eigenvalue weighted by atomic mass is 10.2. The van der Waals surface area contributed by atoms with Crippen molar-refractivity contribution in [1.29, 1.82) is 0 Å². The Kier molecular flexibility index (Phi) is 6.46. The summed E-state index contributed by atoms with van der Waals surface area (Å²) in [7, 11) is -3.29. The molecule has 0 radical (unpaired) electrons. The fraction of sp³-hybridized carbons (Fsp3) is 0.833. The van der Waals surface area contributed by atoms with Gasteiger partial charge in [0.15, 0.2) is 9.84 Å². The minimum absolute atomic E-state index is 0.0252. The van der Waals surface area contributed by atoms with E-state index in [9.17, 15) is 18.0 Å². The fourth-order valence-corrected chi connectivity index (χ4v) is 1.63. The number of urea groups is 1. The molecule has 0 saturated carbocycles. The van der Waals surface area contributed by atoms with Crippen molar-refractivity contribution in [2.75, 3.05) is 25.9 Å². The summed E-state index contributed by atoms with van der Waals surface area (Å²) in [5.41, 5.74) is 0. The van der Waals surface area contributed by atoms with Crippen molar-refractivity contribution in [2.24, 2.45) is 5.92 Å². The topological polar surface area (TPSA) is 104 Å². The van der Waals surface area contributed by atoms with Gasteiger partial charge >= 0.3 is 12.0 Å². The van der Waals surface area contributed by atoms with Crippen LogP contribution in [0.4, 0.5) is 4.79 Å². The van der Waals surface area contributed by atoms with Gasteiger partial charge in [0.2, 0.25) is 0 Å². The zero-order chi connectivity index (χ0) is 16.1. The number of nitrogens with zero attached hydrogens (tertiary/aromatic N) is 1. The molecule has 118 valence electrons. The number of hydrogen-bond acceptors (Lipinski definition) is 4. The second kappa shape index (κ2) is 6.92. The third-order valence-corrected chi connectivity index (χ3v) is 5.41. The van der Waals surface area contributed by atoms with Crippen LogP contribution < -0.4 is 5.32 Å². The van der Waals surface area contributed by atoms with Crippen molar-refractivity contribution in [2.45, 2.75) is 32.4 Å². The molecule has 0 aromatic heterocycles. The van der Waals surface area contributed by atoms with Crippen LogP contribution in [-0.4, -0.2) is 61.1 Å². The maximum absolute atomic E-state index is 11.9. The number of carboxylic acids is 1. The molecule has 20 heavy (non-hydrogen) atoms. The number of nitrogens with one attached hydrogen (secondary N) is 1. The summed E-state index contributed by atoms with van der Waals surface area (Å²) in [4.78, 5) is 24.1. The summed E-state index contributed by atoms with van der Waals surface area (Å²) >= 11 is 0.